The van der Waals surface area contributed by atoms with Crippen LogP contribution >= 0.6 is 0 Å². The molecule has 1 saturated carbocycles. The Morgan fingerprint density at radius 1 is 1.21 bits per heavy atom. The molecule has 0 spiro atoms. The lowest BCUT2D eigenvalue weighted by Crippen LogP contribution is -2.33. The lowest BCUT2D eigenvalue weighted by Gasteiger charge is -2.18. The summed E-state index contributed by atoms with van der Waals surface area (Å²) in [6.07, 6.45) is 1.41. The van der Waals surface area contributed by atoms with Crippen LogP contribution in [0.2, 0.25) is 0 Å². The Morgan fingerprint density at radius 2 is 1.93 bits per heavy atom. The van der Waals surface area contributed by atoms with Crippen molar-refractivity contribution in [3.63, 3.8) is 0 Å². The highest BCUT2D eigenvalue weighted by atomic mass is 19.4. The van der Waals surface area contributed by atoms with Crippen LogP contribution in [0.4, 0.5) is 13.2 Å². The molecule has 0 amide bonds. The molecule has 0 saturated heterocycles. The zero-order chi connectivity index (χ0) is 20.3. The first kappa shape index (κ1) is 20.1. The molecule has 1 atom stereocenters. The summed E-state index contributed by atoms with van der Waals surface area (Å²) >= 11 is 0. The summed E-state index contributed by atoms with van der Waals surface area (Å²) in [5.74, 6) is -0.841. The van der Waals surface area contributed by atoms with Crippen molar-refractivity contribution in [1.29, 1.82) is 0 Å². The lowest BCUT2D eigenvalue weighted by molar-refractivity contribution is -0.142. The fourth-order valence-corrected chi connectivity index (χ4v) is 3.75. The maximum absolute atomic E-state index is 12.8. The van der Waals surface area contributed by atoms with Gasteiger partial charge in [0.15, 0.2) is 6.04 Å². The predicted molar refractivity (Wildman–Crippen MR) is 96.0 cm³/mol. The zero-order valence-corrected chi connectivity index (χ0v) is 15.2. The molecule has 2 aromatic rings. The van der Waals surface area contributed by atoms with Gasteiger partial charge in [0.2, 0.25) is 0 Å². The molecule has 8 heteroatoms. The summed E-state index contributed by atoms with van der Waals surface area (Å²) in [7, 11) is 0. The van der Waals surface area contributed by atoms with Crippen molar-refractivity contribution in [2.24, 2.45) is 5.92 Å². The summed E-state index contributed by atoms with van der Waals surface area (Å²) in [4.78, 5) is 24.1. The Morgan fingerprint density at radius 3 is 2.54 bits per heavy atom. The van der Waals surface area contributed by atoms with Gasteiger partial charge in [0.25, 0.3) is 5.56 Å². The van der Waals surface area contributed by atoms with Crippen molar-refractivity contribution in [3.8, 4) is 0 Å². The number of alkyl halides is 3. The van der Waals surface area contributed by atoms with E-state index in [4.69, 9.17) is 0 Å². The average Bonchev–Trinajstić information content (AvgIpc) is 3.13. The number of benzene rings is 1. The topological polar surface area (TPSA) is 72.2 Å². The molecule has 3 rings (SSSR count). The van der Waals surface area contributed by atoms with Crippen LogP contribution in [0.25, 0.3) is 0 Å². The standard InChI is InChI=1S/C20H21F3N2O3/c21-20(22,23)16-7-3-6-14(9-16)8-15-11-18(26)25(24-12-15)17(19(27)28)10-13-4-1-2-5-13/h3,6-7,9,11-13,17H,1-2,4-5,8,10H2,(H,27,28). The van der Waals surface area contributed by atoms with Crippen LogP contribution < -0.4 is 5.56 Å². The van der Waals surface area contributed by atoms with Gasteiger partial charge in [-0.15, -0.1) is 0 Å². The number of hydrogen-bond acceptors (Lipinski definition) is 3. The highest BCUT2D eigenvalue weighted by Crippen LogP contribution is 2.32. The smallest absolute Gasteiger partial charge is 0.416 e. The van der Waals surface area contributed by atoms with E-state index in [1.807, 2.05) is 0 Å². The van der Waals surface area contributed by atoms with Crippen LogP contribution in [-0.4, -0.2) is 20.9 Å². The predicted octanol–water partition coefficient (Wildman–Crippen LogP) is 4.06. The molecule has 28 heavy (non-hydrogen) atoms. The normalized spacial score (nSPS) is 16.2. The highest BCUT2D eigenvalue weighted by molar-refractivity contribution is 5.71. The van der Waals surface area contributed by atoms with Crippen molar-refractivity contribution >= 4 is 5.97 Å². The Hall–Kier alpha value is -2.64. The molecular weight excluding hydrogens is 373 g/mol. The van der Waals surface area contributed by atoms with E-state index in [2.05, 4.69) is 5.10 Å². The molecule has 0 bridgehead atoms. The SMILES string of the molecule is O=C(O)C(CC1CCCC1)n1ncc(Cc2cccc(C(F)(F)F)c2)cc1=O. The molecular formula is C20H21F3N2O3. The van der Waals surface area contributed by atoms with Gasteiger partial charge < -0.3 is 5.11 Å². The third-order valence-corrected chi connectivity index (χ3v) is 5.16. The summed E-state index contributed by atoms with van der Waals surface area (Å²) < 4.78 is 39.5. The summed E-state index contributed by atoms with van der Waals surface area (Å²) in [6.45, 7) is 0. The van der Waals surface area contributed by atoms with Gasteiger partial charge in [0.05, 0.1) is 11.8 Å². The number of carbonyl (C=O) groups is 1. The Bertz CT molecular complexity index is 902. The van der Waals surface area contributed by atoms with Gasteiger partial charge in [-0.2, -0.15) is 18.3 Å². The van der Waals surface area contributed by atoms with E-state index in [-0.39, 0.29) is 12.3 Å². The number of carboxylic acids is 1. The monoisotopic (exact) mass is 394 g/mol. The maximum Gasteiger partial charge on any atom is 0.416 e. The van der Waals surface area contributed by atoms with Gasteiger partial charge in [-0.25, -0.2) is 9.48 Å². The number of aliphatic carboxylic acids is 1. The fraction of sp³-hybridized carbons (Fsp3) is 0.450. The van der Waals surface area contributed by atoms with Crippen LogP contribution in [0.5, 0.6) is 0 Å². The van der Waals surface area contributed by atoms with Crippen molar-refractivity contribution in [2.45, 2.75) is 50.7 Å². The van der Waals surface area contributed by atoms with E-state index in [1.165, 1.54) is 18.3 Å². The number of halogens is 3. The Kier molecular flexibility index (Phi) is 5.86. The fourth-order valence-electron chi connectivity index (χ4n) is 3.75. The molecule has 0 aliphatic heterocycles. The molecule has 1 aromatic heterocycles. The van der Waals surface area contributed by atoms with Crippen LogP contribution in [0.3, 0.4) is 0 Å². The molecule has 1 aliphatic rings. The highest BCUT2D eigenvalue weighted by Gasteiger charge is 2.30. The first-order valence-electron chi connectivity index (χ1n) is 9.20. The molecule has 1 unspecified atom stereocenters. The van der Waals surface area contributed by atoms with Gasteiger partial charge in [-0.05, 0) is 36.0 Å². The second kappa shape index (κ2) is 8.16. The van der Waals surface area contributed by atoms with Crippen molar-refractivity contribution < 1.29 is 23.1 Å². The molecule has 1 heterocycles. The lowest BCUT2D eigenvalue weighted by atomic mass is 9.98. The largest absolute Gasteiger partial charge is 0.480 e. The average molecular weight is 394 g/mol. The van der Waals surface area contributed by atoms with Gasteiger partial charge in [-0.1, -0.05) is 43.9 Å². The van der Waals surface area contributed by atoms with E-state index in [9.17, 15) is 27.9 Å². The Labute approximate surface area is 159 Å². The van der Waals surface area contributed by atoms with Crippen LogP contribution in [0.1, 0.15) is 54.8 Å². The maximum atomic E-state index is 12.8. The van der Waals surface area contributed by atoms with Crippen molar-refractivity contribution in [1.82, 2.24) is 9.78 Å². The van der Waals surface area contributed by atoms with E-state index in [0.717, 1.165) is 42.5 Å². The molecule has 150 valence electrons. The third-order valence-electron chi connectivity index (χ3n) is 5.16. The zero-order valence-electron chi connectivity index (χ0n) is 15.2. The minimum absolute atomic E-state index is 0.105. The first-order valence-corrected chi connectivity index (χ1v) is 9.20. The van der Waals surface area contributed by atoms with Gasteiger partial charge in [0.1, 0.15) is 0 Å². The van der Waals surface area contributed by atoms with Crippen molar-refractivity contribution in [2.75, 3.05) is 0 Å². The first-order chi connectivity index (χ1) is 13.2. The van der Waals surface area contributed by atoms with Gasteiger partial charge in [0, 0.05) is 6.07 Å². The molecule has 1 aliphatic carbocycles. The van der Waals surface area contributed by atoms with Gasteiger partial charge >= 0.3 is 12.1 Å². The number of hydrogen-bond donors (Lipinski definition) is 1. The van der Waals surface area contributed by atoms with Crippen LogP contribution in [0, 0.1) is 5.92 Å². The summed E-state index contributed by atoms with van der Waals surface area (Å²) in [6, 6.07) is 5.10. The second-order valence-corrected chi connectivity index (χ2v) is 7.26. The summed E-state index contributed by atoms with van der Waals surface area (Å²) in [5.41, 5.74) is -0.483. The summed E-state index contributed by atoms with van der Waals surface area (Å²) in [5, 5.41) is 13.5. The van der Waals surface area contributed by atoms with Crippen LogP contribution in [0.15, 0.2) is 41.3 Å². The Balaban J connectivity index is 1.80. The number of carboxylic acid groups (broad SMARTS) is 1. The molecule has 1 fully saturated rings. The third kappa shape index (κ3) is 4.79. The molecule has 5 nitrogen and oxygen atoms in total. The van der Waals surface area contributed by atoms with E-state index < -0.39 is 29.3 Å². The second-order valence-electron chi connectivity index (χ2n) is 7.26. The molecule has 0 radical (unpaired) electrons. The van der Waals surface area contributed by atoms with E-state index in [0.29, 0.717) is 17.5 Å². The van der Waals surface area contributed by atoms with Gasteiger partial charge in [-0.3, -0.25) is 4.79 Å². The van der Waals surface area contributed by atoms with Crippen LogP contribution in [-0.2, 0) is 17.4 Å². The minimum Gasteiger partial charge on any atom is -0.480 e. The number of aromatic nitrogens is 2. The van der Waals surface area contributed by atoms with E-state index in [1.54, 1.807) is 6.07 Å². The molecule has 1 aromatic carbocycles. The number of nitrogens with zero attached hydrogens (tertiary/aromatic N) is 2. The number of rotatable bonds is 6. The van der Waals surface area contributed by atoms with Crippen molar-refractivity contribution in [3.05, 3.63) is 63.6 Å². The molecule has 1 N–H and O–H groups in total. The van der Waals surface area contributed by atoms with E-state index >= 15 is 0 Å². The minimum atomic E-state index is -4.44. The quantitative estimate of drug-likeness (QED) is 0.802.